The fourth-order valence-electron chi connectivity index (χ4n) is 3.10. The number of benzene rings is 2. The molecule has 0 atom stereocenters. The van der Waals surface area contributed by atoms with Crippen LogP contribution in [0, 0.1) is 19.7 Å². The molecule has 0 bridgehead atoms. The van der Waals surface area contributed by atoms with Crippen LogP contribution in [0.3, 0.4) is 0 Å². The zero-order valence-electron chi connectivity index (χ0n) is 16.0. The lowest BCUT2D eigenvalue weighted by molar-refractivity contribution is -0.114. The highest BCUT2D eigenvalue weighted by molar-refractivity contribution is 7.22. The topological polar surface area (TPSA) is 66.9 Å². The summed E-state index contributed by atoms with van der Waals surface area (Å²) in [5.41, 5.74) is 4.56. The van der Waals surface area contributed by atoms with Crippen molar-refractivity contribution in [2.75, 3.05) is 17.2 Å². The van der Waals surface area contributed by atoms with Crippen LogP contribution in [0.25, 0.3) is 20.7 Å². The molecule has 146 valence electrons. The molecule has 0 aliphatic heterocycles. The summed E-state index contributed by atoms with van der Waals surface area (Å²) in [7, 11) is 0. The standard InChI is InChI=1S/C22H19FN4OS/c1-13-4-3-5-14(2)20(13)27-19(28)11-24-22-21-17(25-12-26-22)10-18(29-21)15-6-8-16(23)9-7-15/h3-10,12H,11H2,1-2H3,(H,27,28)(H,24,25,26). The zero-order valence-corrected chi connectivity index (χ0v) is 16.8. The molecule has 0 fully saturated rings. The minimum Gasteiger partial charge on any atom is -0.360 e. The molecule has 4 rings (SSSR count). The Morgan fingerprint density at radius 2 is 1.79 bits per heavy atom. The summed E-state index contributed by atoms with van der Waals surface area (Å²) in [5.74, 6) is 0.182. The van der Waals surface area contributed by atoms with Gasteiger partial charge >= 0.3 is 0 Å². The highest BCUT2D eigenvalue weighted by Gasteiger charge is 2.12. The van der Waals surface area contributed by atoms with Gasteiger partial charge in [-0.1, -0.05) is 30.3 Å². The molecule has 1 amide bonds. The first kappa shape index (κ1) is 19.0. The Labute approximate surface area is 171 Å². The minimum atomic E-state index is -0.271. The highest BCUT2D eigenvalue weighted by Crippen LogP contribution is 2.35. The molecule has 2 aromatic heterocycles. The number of thiophene rings is 1. The fourth-order valence-corrected chi connectivity index (χ4v) is 4.18. The predicted octanol–water partition coefficient (Wildman–Crippen LogP) is 5.16. The van der Waals surface area contributed by atoms with Crippen LogP contribution in [-0.2, 0) is 4.79 Å². The summed E-state index contributed by atoms with van der Waals surface area (Å²) in [6.45, 7) is 4.02. The minimum absolute atomic E-state index is 0.0870. The van der Waals surface area contributed by atoms with Crippen molar-refractivity contribution in [1.82, 2.24) is 9.97 Å². The number of aryl methyl sites for hydroxylation is 2. The molecule has 4 aromatic rings. The lowest BCUT2D eigenvalue weighted by Crippen LogP contribution is -2.23. The summed E-state index contributed by atoms with van der Waals surface area (Å²) in [6.07, 6.45) is 1.47. The van der Waals surface area contributed by atoms with Crippen molar-refractivity contribution in [2.45, 2.75) is 13.8 Å². The van der Waals surface area contributed by atoms with Gasteiger partial charge in [0.05, 0.1) is 16.8 Å². The van der Waals surface area contributed by atoms with E-state index in [1.165, 1.54) is 29.8 Å². The Kier molecular flexibility index (Phi) is 5.22. The average Bonchev–Trinajstić information content (AvgIpc) is 3.14. The van der Waals surface area contributed by atoms with Crippen LogP contribution >= 0.6 is 11.3 Å². The van der Waals surface area contributed by atoms with Gasteiger partial charge in [-0.3, -0.25) is 4.79 Å². The summed E-state index contributed by atoms with van der Waals surface area (Å²) >= 11 is 1.50. The van der Waals surface area contributed by atoms with Crippen molar-refractivity contribution >= 4 is 39.0 Å². The molecular weight excluding hydrogens is 387 g/mol. The quantitative estimate of drug-likeness (QED) is 0.480. The lowest BCUT2D eigenvalue weighted by atomic mass is 10.1. The number of nitrogens with zero attached hydrogens (tertiary/aromatic N) is 2. The second-order valence-electron chi connectivity index (χ2n) is 6.72. The highest BCUT2D eigenvalue weighted by atomic mass is 32.1. The Bertz CT molecular complexity index is 1170. The lowest BCUT2D eigenvalue weighted by Gasteiger charge is -2.12. The Morgan fingerprint density at radius 1 is 1.07 bits per heavy atom. The molecule has 2 aromatic carbocycles. The van der Waals surface area contributed by atoms with Gasteiger partial charge in [0.25, 0.3) is 0 Å². The third-order valence-corrected chi connectivity index (χ3v) is 5.78. The van der Waals surface area contributed by atoms with E-state index >= 15 is 0 Å². The fraction of sp³-hybridized carbons (Fsp3) is 0.136. The third-order valence-electron chi connectivity index (χ3n) is 4.60. The van der Waals surface area contributed by atoms with Gasteiger partial charge in [0, 0.05) is 10.6 Å². The number of hydrogen-bond acceptors (Lipinski definition) is 5. The number of hydrogen-bond donors (Lipinski definition) is 2. The summed E-state index contributed by atoms with van der Waals surface area (Å²) in [4.78, 5) is 22.0. The molecule has 0 radical (unpaired) electrons. The van der Waals surface area contributed by atoms with Crippen molar-refractivity contribution in [2.24, 2.45) is 0 Å². The average molecular weight is 406 g/mol. The molecule has 0 aliphatic carbocycles. The Balaban J connectivity index is 1.52. The van der Waals surface area contributed by atoms with E-state index in [1.54, 1.807) is 12.1 Å². The second-order valence-corrected chi connectivity index (χ2v) is 7.77. The number of nitrogens with one attached hydrogen (secondary N) is 2. The van der Waals surface area contributed by atoms with Crippen LogP contribution in [0.2, 0.25) is 0 Å². The van der Waals surface area contributed by atoms with Gasteiger partial charge in [-0.15, -0.1) is 11.3 Å². The number of carbonyl (C=O) groups excluding carboxylic acids is 1. The van der Waals surface area contributed by atoms with Crippen molar-refractivity contribution in [3.8, 4) is 10.4 Å². The van der Waals surface area contributed by atoms with Crippen molar-refractivity contribution in [3.63, 3.8) is 0 Å². The first-order valence-electron chi connectivity index (χ1n) is 9.11. The van der Waals surface area contributed by atoms with E-state index in [0.29, 0.717) is 5.82 Å². The molecule has 0 spiro atoms. The van der Waals surface area contributed by atoms with E-state index in [1.807, 2.05) is 38.1 Å². The predicted molar refractivity (Wildman–Crippen MR) is 116 cm³/mol. The molecule has 2 heterocycles. The van der Waals surface area contributed by atoms with E-state index in [-0.39, 0.29) is 18.3 Å². The van der Waals surface area contributed by atoms with Crippen LogP contribution in [-0.4, -0.2) is 22.4 Å². The van der Waals surface area contributed by atoms with Crippen LogP contribution < -0.4 is 10.6 Å². The van der Waals surface area contributed by atoms with Gasteiger partial charge in [0.1, 0.15) is 18.0 Å². The molecule has 2 N–H and O–H groups in total. The van der Waals surface area contributed by atoms with Crippen molar-refractivity contribution in [3.05, 3.63) is 71.8 Å². The number of halogens is 1. The molecular formula is C22H19FN4OS. The van der Waals surface area contributed by atoms with E-state index < -0.39 is 0 Å². The van der Waals surface area contributed by atoms with Gasteiger partial charge in [-0.25, -0.2) is 14.4 Å². The van der Waals surface area contributed by atoms with Gasteiger partial charge in [-0.05, 0) is 48.7 Å². The Morgan fingerprint density at radius 3 is 2.52 bits per heavy atom. The van der Waals surface area contributed by atoms with Crippen LogP contribution in [0.1, 0.15) is 11.1 Å². The molecule has 7 heteroatoms. The number of rotatable bonds is 5. The molecule has 0 unspecified atom stereocenters. The molecule has 29 heavy (non-hydrogen) atoms. The normalized spacial score (nSPS) is 10.9. The van der Waals surface area contributed by atoms with E-state index in [0.717, 1.165) is 37.5 Å². The smallest absolute Gasteiger partial charge is 0.243 e. The van der Waals surface area contributed by atoms with Crippen LogP contribution in [0.5, 0.6) is 0 Å². The number of para-hydroxylation sites is 1. The van der Waals surface area contributed by atoms with Crippen molar-refractivity contribution < 1.29 is 9.18 Å². The van der Waals surface area contributed by atoms with Crippen LogP contribution in [0.15, 0.2) is 54.9 Å². The number of anilines is 2. The number of fused-ring (bicyclic) bond motifs is 1. The van der Waals surface area contributed by atoms with E-state index in [2.05, 4.69) is 20.6 Å². The van der Waals surface area contributed by atoms with Crippen molar-refractivity contribution in [1.29, 1.82) is 0 Å². The van der Waals surface area contributed by atoms with Crippen LogP contribution in [0.4, 0.5) is 15.9 Å². The zero-order chi connectivity index (χ0) is 20.4. The molecule has 5 nitrogen and oxygen atoms in total. The van der Waals surface area contributed by atoms with Gasteiger partial charge in [0.15, 0.2) is 0 Å². The summed E-state index contributed by atoms with van der Waals surface area (Å²) < 4.78 is 14.0. The van der Waals surface area contributed by atoms with Gasteiger partial charge in [-0.2, -0.15) is 0 Å². The van der Waals surface area contributed by atoms with Gasteiger partial charge in [0.2, 0.25) is 5.91 Å². The number of aromatic nitrogens is 2. The molecule has 0 aliphatic rings. The largest absolute Gasteiger partial charge is 0.360 e. The maximum Gasteiger partial charge on any atom is 0.243 e. The van der Waals surface area contributed by atoms with Gasteiger partial charge < -0.3 is 10.6 Å². The van der Waals surface area contributed by atoms with E-state index in [9.17, 15) is 9.18 Å². The SMILES string of the molecule is Cc1cccc(C)c1NC(=O)CNc1ncnc2cc(-c3ccc(F)cc3)sc12. The number of amides is 1. The monoisotopic (exact) mass is 406 g/mol. The summed E-state index contributed by atoms with van der Waals surface area (Å²) in [5, 5.41) is 6.06. The first-order chi connectivity index (χ1) is 14.0. The maximum atomic E-state index is 13.2. The summed E-state index contributed by atoms with van der Waals surface area (Å²) in [6, 6.07) is 14.2. The maximum absolute atomic E-state index is 13.2. The first-order valence-corrected chi connectivity index (χ1v) is 9.93. The molecule has 0 saturated carbocycles. The second kappa shape index (κ2) is 7.97. The Hall–Kier alpha value is -3.32. The van der Waals surface area contributed by atoms with E-state index in [4.69, 9.17) is 0 Å². The third kappa shape index (κ3) is 4.09. The number of carbonyl (C=O) groups is 1. The molecule has 0 saturated heterocycles.